The van der Waals surface area contributed by atoms with Crippen LogP contribution in [0.4, 0.5) is 22.0 Å². The van der Waals surface area contributed by atoms with Gasteiger partial charge >= 0.3 is 6.09 Å². The van der Waals surface area contributed by atoms with E-state index in [9.17, 15) is 9.59 Å². The van der Waals surface area contributed by atoms with Crippen molar-refractivity contribution in [1.29, 1.82) is 0 Å². The van der Waals surface area contributed by atoms with Crippen molar-refractivity contribution < 1.29 is 14.3 Å². The molecule has 0 aliphatic heterocycles. The summed E-state index contributed by atoms with van der Waals surface area (Å²) in [6, 6.07) is 7.43. The molecule has 2 rings (SSSR count). The zero-order chi connectivity index (χ0) is 16.8. The highest BCUT2D eigenvalue weighted by atomic mass is 16.5. The van der Waals surface area contributed by atoms with Crippen molar-refractivity contribution in [2.24, 2.45) is 0 Å². The van der Waals surface area contributed by atoms with E-state index in [1.807, 2.05) is 43.3 Å². The van der Waals surface area contributed by atoms with E-state index in [1.54, 1.807) is 0 Å². The third kappa shape index (κ3) is 4.70. The second-order valence-electron chi connectivity index (χ2n) is 4.87. The summed E-state index contributed by atoms with van der Waals surface area (Å²) in [5.74, 6) is -0.0668. The standard InChI is InChI=1S/C14H18N6O3/c1-19(2)11-6-4-10(5-7-11)16-13(21)9-20-15-8-12(18-20)17-14(22)23-3/h4-8H,9H2,1-3H3,(H,16,21)(H,17,18,22). The molecule has 0 bridgehead atoms. The first-order chi connectivity index (χ1) is 11.0. The fourth-order valence-electron chi connectivity index (χ4n) is 1.76. The average molecular weight is 318 g/mol. The predicted octanol–water partition coefficient (Wildman–Crippen LogP) is 1.16. The second-order valence-corrected chi connectivity index (χ2v) is 4.87. The molecule has 9 nitrogen and oxygen atoms in total. The van der Waals surface area contributed by atoms with E-state index in [4.69, 9.17) is 0 Å². The van der Waals surface area contributed by atoms with Gasteiger partial charge in [0.25, 0.3) is 0 Å². The molecule has 0 aliphatic rings. The number of hydrogen-bond acceptors (Lipinski definition) is 6. The molecular weight excluding hydrogens is 300 g/mol. The van der Waals surface area contributed by atoms with Crippen LogP contribution in [0.5, 0.6) is 0 Å². The van der Waals surface area contributed by atoms with Crippen LogP contribution in [-0.4, -0.2) is 48.2 Å². The molecule has 122 valence electrons. The lowest BCUT2D eigenvalue weighted by Crippen LogP contribution is -2.20. The molecule has 1 aromatic heterocycles. The van der Waals surface area contributed by atoms with Crippen LogP contribution < -0.4 is 15.5 Å². The van der Waals surface area contributed by atoms with E-state index in [0.717, 1.165) is 5.69 Å². The van der Waals surface area contributed by atoms with E-state index in [-0.39, 0.29) is 18.3 Å². The topological polar surface area (TPSA) is 101 Å². The van der Waals surface area contributed by atoms with Crippen LogP contribution in [-0.2, 0) is 16.1 Å². The number of hydrogen-bond donors (Lipinski definition) is 2. The van der Waals surface area contributed by atoms with Crippen LogP contribution in [0.3, 0.4) is 0 Å². The maximum atomic E-state index is 12.0. The highest BCUT2D eigenvalue weighted by Gasteiger charge is 2.09. The molecule has 9 heteroatoms. The molecule has 0 radical (unpaired) electrons. The Bertz CT molecular complexity index is 680. The fourth-order valence-corrected chi connectivity index (χ4v) is 1.76. The van der Waals surface area contributed by atoms with Crippen LogP contribution in [0.15, 0.2) is 30.5 Å². The van der Waals surface area contributed by atoms with E-state index >= 15 is 0 Å². The number of aromatic nitrogens is 3. The Balaban J connectivity index is 1.90. The number of ether oxygens (including phenoxy) is 1. The molecule has 0 unspecified atom stereocenters. The van der Waals surface area contributed by atoms with Gasteiger partial charge in [0, 0.05) is 25.5 Å². The summed E-state index contributed by atoms with van der Waals surface area (Å²) >= 11 is 0. The number of nitrogens with one attached hydrogen (secondary N) is 2. The molecule has 2 N–H and O–H groups in total. The summed E-state index contributed by atoms with van der Waals surface area (Å²) in [6.07, 6.45) is 0.679. The Hall–Kier alpha value is -3.10. The molecule has 1 aromatic carbocycles. The SMILES string of the molecule is COC(=O)Nc1cnn(CC(=O)Nc2ccc(N(C)C)cc2)n1. The van der Waals surface area contributed by atoms with Crippen molar-refractivity contribution in [2.75, 3.05) is 36.7 Å². The monoisotopic (exact) mass is 318 g/mol. The fraction of sp³-hybridized carbons (Fsp3) is 0.286. The quantitative estimate of drug-likeness (QED) is 0.858. The van der Waals surface area contributed by atoms with Crippen molar-refractivity contribution in [2.45, 2.75) is 6.54 Å². The minimum Gasteiger partial charge on any atom is -0.453 e. The molecule has 0 fully saturated rings. The van der Waals surface area contributed by atoms with Gasteiger partial charge in [-0.2, -0.15) is 9.90 Å². The summed E-state index contributed by atoms with van der Waals surface area (Å²) in [5, 5.41) is 12.9. The third-order valence-electron chi connectivity index (χ3n) is 2.90. The number of methoxy groups -OCH3 is 1. The van der Waals surface area contributed by atoms with Crippen LogP contribution in [0.1, 0.15) is 0 Å². The van der Waals surface area contributed by atoms with Crippen molar-refractivity contribution in [3.63, 3.8) is 0 Å². The van der Waals surface area contributed by atoms with Crippen LogP contribution >= 0.6 is 0 Å². The highest BCUT2D eigenvalue weighted by molar-refractivity contribution is 5.90. The number of benzene rings is 1. The molecule has 1 heterocycles. The first kappa shape index (κ1) is 16.3. The summed E-state index contributed by atoms with van der Waals surface area (Å²) in [5.41, 5.74) is 1.72. The van der Waals surface area contributed by atoms with Gasteiger partial charge in [-0.05, 0) is 24.3 Å². The normalized spacial score (nSPS) is 10.0. The van der Waals surface area contributed by atoms with E-state index in [1.165, 1.54) is 18.1 Å². The summed E-state index contributed by atoms with van der Waals surface area (Å²) in [6.45, 7) is -0.0711. The van der Waals surface area contributed by atoms with Crippen molar-refractivity contribution in [3.8, 4) is 0 Å². The average Bonchev–Trinajstić information content (AvgIpc) is 2.94. The van der Waals surface area contributed by atoms with Gasteiger partial charge in [-0.3, -0.25) is 10.1 Å². The minimum absolute atomic E-state index is 0.0711. The lowest BCUT2D eigenvalue weighted by atomic mass is 10.2. The molecule has 0 atom stereocenters. The van der Waals surface area contributed by atoms with Gasteiger partial charge in [0.2, 0.25) is 5.91 Å². The lowest BCUT2D eigenvalue weighted by Gasteiger charge is -2.12. The van der Waals surface area contributed by atoms with E-state index < -0.39 is 6.09 Å². The van der Waals surface area contributed by atoms with Crippen molar-refractivity contribution in [3.05, 3.63) is 30.5 Å². The number of nitrogens with zero attached hydrogens (tertiary/aromatic N) is 4. The highest BCUT2D eigenvalue weighted by Crippen LogP contribution is 2.15. The molecule has 0 aliphatic carbocycles. The zero-order valence-electron chi connectivity index (χ0n) is 13.1. The van der Waals surface area contributed by atoms with Crippen molar-refractivity contribution >= 4 is 29.2 Å². The Labute approximate surface area is 133 Å². The maximum Gasteiger partial charge on any atom is 0.412 e. The molecule has 23 heavy (non-hydrogen) atoms. The largest absolute Gasteiger partial charge is 0.453 e. The molecular formula is C14H18N6O3. The van der Waals surface area contributed by atoms with Gasteiger partial charge < -0.3 is 15.0 Å². The Morgan fingerprint density at radius 3 is 2.52 bits per heavy atom. The number of anilines is 3. The molecule has 0 saturated carbocycles. The van der Waals surface area contributed by atoms with Crippen LogP contribution in [0, 0.1) is 0 Å². The van der Waals surface area contributed by atoms with E-state index in [0.29, 0.717) is 5.69 Å². The van der Waals surface area contributed by atoms with Crippen LogP contribution in [0.2, 0.25) is 0 Å². The van der Waals surface area contributed by atoms with Crippen LogP contribution in [0.25, 0.3) is 0 Å². The third-order valence-corrected chi connectivity index (χ3v) is 2.90. The zero-order valence-corrected chi connectivity index (χ0v) is 13.1. The maximum absolute atomic E-state index is 12.0. The van der Waals surface area contributed by atoms with Gasteiger partial charge in [-0.25, -0.2) is 4.79 Å². The predicted molar refractivity (Wildman–Crippen MR) is 85.4 cm³/mol. The summed E-state index contributed by atoms with van der Waals surface area (Å²) in [7, 11) is 5.13. The smallest absolute Gasteiger partial charge is 0.412 e. The summed E-state index contributed by atoms with van der Waals surface area (Å²) in [4.78, 5) is 26.1. The van der Waals surface area contributed by atoms with Gasteiger partial charge in [0.1, 0.15) is 6.54 Å². The lowest BCUT2D eigenvalue weighted by molar-refractivity contribution is -0.117. The van der Waals surface area contributed by atoms with Gasteiger partial charge in [0.05, 0.1) is 13.3 Å². The Morgan fingerprint density at radius 2 is 1.91 bits per heavy atom. The van der Waals surface area contributed by atoms with Gasteiger partial charge in [0.15, 0.2) is 5.82 Å². The first-order valence-electron chi connectivity index (χ1n) is 6.80. The first-order valence-corrected chi connectivity index (χ1v) is 6.80. The number of amides is 2. The molecule has 0 spiro atoms. The molecule has 2 aromatic rings. The minimum atomic E-state index is -0.650. The van der Waals surface area contributed by atoms with Crippen molar-refractivity contribution in [1.82, 2.24) is 15.0 Å². The number of carbonyl (C=O) groups excluding carboxylic acids is 2. The van der Waals surface area contributed by atoms with Gasteiger partial charge in [-0.15, -0.1) is 5.10 Å². The second kappa shape index (κ2) is 7.25. The number of rotatable bonds is 5. The van der Waals surface area contributed by atoms with Gasteiger partial charge in [-0.1, -0.05) is 0 Å². The van der Waals surface area contributed by atoms with E-state index in [2.05, 4.69) is 25.6 Å². The summed E-state index contributed by atoms with van der Waals surface area (Å²) < 4.78 is 4.44. The molecule has 0 saturated heterocycles. The molecule has 2 amide bonds. The number of carbonyl (C=O) groups is 2. The Morgan fingerprint density at radius 1 is 1.22 bits per heavy atom. The Kier molecular flexibility index (Phi) is 5.13.